The van der Waals surface area contributed by atoms with E-state index in [-0.39, 0.29) is 28.9 Å². The van der Waals surface area contributed by atoms with E-state index in [1.165, 1.54) is 22.3 Å². The van der Waals surface area contributed by atoms with Crippen LogP contribution in [0.3, 0.4) is 0 Å². The Bertz CT molecular complexity index is 1900. The topological polar surface area (TPSA) is 106 Å². The zero-order valence-corrected chi connectivity index (χ0v) is 32.3. The van der Waals surface area contributed by atoms with Crippen molar-refractivity contribution in [1.82, 2.24) is 25.1 Å². The number of Topliss-reactive ketones (excluding diaryl/α,β-unsaturated/α-hetero) is 1. The molecule has 10 nitrogen and oxygen atoms in total. The van der Waals surface area contributed by atoms with E-state index in [1.54, 1.807) is 4.68 Å². The highest BCUT2D eigenvalue weighted by Crippen LogP contribution is 2.39. The van der Waals surface area contributed by atoms with Gasteiger partial charge in [0.25, 0.3) is 5.91 Å². The minimum absolute atomic E-state index is 0.0210. The standard InChI is InChI=1S/C41H51N7O3S/c1-8-34(51-35-23-20-29(40(4,5)9-2)27-32(35)41(6,7)10-3)33(49)26-28-18-21-31(22-19-28)47-38(50)36(37(43-47)46-24-14-15-25-46)52-39-42-44-45-48(39)30-16-12-11-13-17-30/h11-13,16-23,27,34,36H,8-10,14-15,24-26H2,1-7H3. The molecule has 0 saturated carbocycles. The summed E-state index contributed by atoms with van der Waals surface area (Å²) >= 11 is 1.31. The van der Waals surface area contributed by atoms with Crippen LogP contribution in [0.25, 0.3) is 5.69 Å². The summed E-state index contributed by atoms with van der Waals surface area (Å²) in [6, 6.07) is 23.7. The Morgan fingerprint density at radius 2 is 1.60 bits per heavy atom. The van der Waals surface area contributed by atoms with E-state index < -0.39 is 11.4 Å². The summed E-state index contributed by atoms with van der Waals surface area (Å²) in [6.07, 6.45) is 4.30. The summed E-state index contributed by atoms with van der Waals surface area (Å²) in [7, 11) is 0. The maximum absolute atomic E-state index is 14.0. The van der Waals surface area contributed by atoms with Gasteiger partial charge >= 0.3 is 0 Å². The molecule has 2 unspecified atom stereocenters. The molecular formula is C41H51N7O3S. The smallest absolute Gasteiger partial charge is 0.268 e. The number of carbonyl (C=O) groups is 2. The van der Waals surface area contributed by atoms with Gasteiger partial charge in [0, 0.05) is 25.1 Å². The largest absolute Gasteiger partial charge is 0.482 e. The molecule has 4 aromatic rings. The monoisotopic (exact) mass is 721 g/mol. The van der Waals surface area contributed by atoms with Gasteiger partial charge < -0.3 is 9.64 Å². The summed E-state index contributed by atoms with van der Waals surface area (Å²) in [5, 5.41) is 18.6. The third-order valence-electron chi connectivity index (χ3n) is 10.8. The fourth-order valence-corrected chi connectivity index (χ4v) is 7.59. The molecule has 1 amide bonds. The van der Waals surface area contributed by atoms with E-state index in [9.17, 15) is 9.59 Å². The number of amides is 1. The van der Waals surface area contributed by atoms with Crippen molar-refractivity contribution in [3.63, 3.8) is 0 Å². The Morgan fingerprint density at radius 1 is 0.904 bits per heavy atom. The predicted molar refractivity (Wildman–Crippen MR) is 207 cm³/mol. The Labute approximate surface area is 312 Å². The molecule has 3 heterocycles. The Hall–Kier alpha value is -4.51. The van der Waals surface area contributed by atoms with Gasteiger partial charge in [0.15, 0.2) is 17.1 Å². The number of aromatic nitrogens is 4. The quantitative estimate of drug-likeness (QED) is 0.129. The van der Waals surface area contributed by atoms with Gasteiger partial charge in [0.1, 0.15) is 11.6 Å². The van der Waals surface area contributed by atoms with Crippen LogP contribution in [0.1, 0.15) is 97.3 Å². The fourth-order valence-electron chi connectivity index (χ4n) is 6.56. The number of hydrogen-bond acceptors (Lipinski definition) is 9. The zero-order chi connectivity index (χ0) is 37.0. The second kappa shape index (κ2) is 15.6. The fraction of sp³-hybridized carbons (Fsp3) is 0.463. The van der Waals surface area contributed by atoms with E-state index in [0.29, 0.717) is 23.1 Å². The van der Waals surface area contributed by atoms with Crippen molar-refractivity contribution in [2.24, 2.45) is 5.10 Å². The van der Waals surface area contributed by atoms with Crippen LogP contribution in [0, 0.1) is 0 Å². The van der Waals surface area contributed by atoms with Crippen molar-refractivity contribution in [2.45, 2.75) is 114 Å². The lowest BCUT2D eigenvalue weighted by atomic mass is 9.76. The highest BCUT2D eigenvalue weighted by molar-refractivity contribution is 8.01. The third-order valence-corrected chi connectivity index (χ3v) is 11.9. The molecule has 0 N–H and O–H groups in total. The molecule has 2 aliphatic heterocycles. The first-order valence-corrected chi connectivity index (χ1v) is 19.4. The highest BCUT2D eigenvalue weighted by Gasteiger charge is 2.42. The number of hydrazone groups is 1. The van der Waals surface area contributed by atoms with E-state index in [0.717, 1.165) is 61.3 Å². The van der Waals surface area contributed by atoms with Gasteiger partial charge in [0.05, 0.1) is 11.4 Å². The average Bonchev–Trinajstić information content (AvgIpc) is 3.93. The molecule has 2 atom stereocenters. The van der Waals surface area contributed by atoms with Crippen LogP contribution in [0.15, 0.2) is 83.1 Å². The molecule has 1 saturated heterocycles. The molecule has 1 fully saturated rings. The summed E-state index contributed by atoms with van der Waals surface area (Å²) in [5.41, 5.74) is 4.68. The number of anilines is 1. The van der Waals surface area contributed by atoms with Gasteiger partial charge in [-0.05, 0) is 94.8 Å². The minimum atomic E-state index is -0.597. The molecule has 52 heavy (non-hydrogen) atoms. The summed E-state index contributed by atoms with van der Waals surface area (Å²) in [6.45, 7) is 17.1. The summed E-state index contributed by atoms with van der Waals surface area (Å²) in [4.78, 5) is 30.0. The number of amidine groups is 1. The van der Waals surface area contributed by atoms with Crippen LogP contribution in [-0.2, 0) is 26.8 Å². The minimum Gasteiger partial charge on any atom is -0.482 e. The molecule has 274 valence electrons. The third kappa shape index (κ3) is 7.79. The maximum atomic E-state index is 14.0. The van der Waals surface area contributed by atoms with Crippen molar-refractivity contribution < 1.29 is 14.3 Å². The molecule has 0 aliphatic carbocycles. The van der Waals surface area contributed by atoms with E-state index in [4.69, 9.17) is 9.84 Å². The number of tetrazole rings is 1. The highest BCUT2D eigenvalue weighted by atomic mass is 32.2. The van der Waals surface area contributed by atoms with Gasteiger partial charge in [-0.1, -0.05) is 103 Å². The van der Waals surface area contributed by atoms with Crippen LogP contribution in [0.4, 0.5) is 5.69 Å². The number of nitrogens with zero attached hydrogens (tertiary/aromatic N) is 7. The van der Waals surface area contributed by atoms with Crippen molar-refractivity contribution >= 4 is 35.0 Å². The second-order valence-electron chi connectivity index (χ2n) is 15.0. The lowest BCUT2D eigenvalue weighted by molar-refractivity contribution is -0.125. The number of para-hydroxylation sites is 1. The Morgan fingerprint density at radius 3 is 2.25 bits per heavy atom. The number of thioether (sulfide) groups is 1. The van der Waals surface area contributed by atoms with Crippen molar-refractivity contribution in [3.8, 4) is 11.4 Å². The number of rotatable bonds is 14. The van der Waals surface area contributed by atoms with Crippen molar-refractivity contribution in [3.05, 3.63) is 89.5 Å². The van der Waals surface area contributed by atoms with E-state index in [1.807, 2.05) is 61.5 Å². The van der Waals surface area contributed by atoms with Gasteiger partial charge in [-0.25, -0.2) is 0 Å². The molecule has 3 aromatic carbocycles. The molecule has 11 heteroatoms. The summed E-state index contributed by atoms with van der Waals surface area (Å²) in [5.74, 6) is 1.36. The molecule has 0 radical (unpaired) electrons. The lowest BCUT2D eigenvalue weighted by Crippen LogP contribution is -2.37. The van der Waals surface area contributed by atoms with Crippen LogP contribution in [-0.4, -0.2) is 67.1 Å². The SMILES string of the molecule is CCC(Oc1ccc(C(C)(C)CC)cc1C(C)(C)CC)C(=O)Cc1ccc(N2N=C(N3CCCC3)C(Sc3nnnn3-c3ccccc3)C2=O)cc1. The first-order valence-electron chi connectivity index (χ1n) is 18.6. The number of ether oxygens (including phenoxy) is 1. The number of hydrogen-bond donors (Lipinski definition) is 0. The summed E-state index contributed by atoms with van der Waals surface area (Å²) < 4.78 is 8.19. The molecule has 1 aromatic heterocycles. The van der Waals surface area contributed by atoms with Gasteiger partial charge in [0.2, 0.25) is 5.16 Å². The number of ketones is 1. The van der Waals surface area contributed by atoms with Crippen LogP contribution >= 0.6 is 11.8 Å². The zero-order valence-electron chi connectivity index (χ0n) is 31.5. The van der Waals surface area contributed by atoms with Gasteiger partial charge in [-0.3, -0.25) is 9.59 Å². The lowest BCUT2D eigenvalue weighted by Gasteiger charge is -2.31. The maximum Gasteiger partial charge on any atom is 0.268 e. The average molecular weight is 722 g/mol. The van der Waals surface area contributed by atoms with E-state index >= 15 is 0 Å². The van der Waals surface area contributed by atoms with Crippen LogP contribution < -0.4 is 9.75 Å². The van der Waals surface area contributed by atoms with Crippen LogP contribution in [0.5, 0.6) is 5.75 Å². The molecule has 6 rings (SSSR count). The second-order valence-corrected chi connectivity index (χ2v) is 16.1. The molecule has 0 spiro atoms. The van der Waals surface area contributed by atoms with Crippen molar-refractivity contribution in [1.29, 1.82) is 0 Å². The normalized spacial score (nSPS) is 17.1. The van der Waals surface area contributed by atoms with Gasteiger partial charge in [-0.15, -0.1) is 5.10 Å². The number of likely N-dealkylation sites (tertiary alicyclic amines) is 1. The Balaban J connectivity index is 1.18. The number of carbonyl (C=O) groups excluding carboxylic acids is 2. The van der Waals surface area contributed by atoms with Crippen molar-refractivity contribution in [2.75, 3.05) is 18.1 Å². The predicted octanol–water partition coefficient (Wildman–Crippen LogP) is 7.92. The molecular weight excluding hydrogens is 671 g/mol. The first-order chi connectivity index (χ1) is 25.0. The number of benzene rings is 3. The molecule has 0 bridgehead atoms. The first kappa shape index (κ1) is 37.3. The van der Waals surface area contributed by atoms with Gasteiger partial charge in [-0.2, -0.15) is 14.8 Å². The van der Waals surface area contributed by atoms with E-state index in [2.05, 4.69) is 80.2 Å². The van der Waals surface area contributed by atoms with Crippen LogP contribution in [0.2, 0.25) is 0 Å². The molecule has 2 aliphatic rings. The Kier molecular flexibility index (Phi) is 11.2.